The summed E-state index contributed by atoms with van der Waals surface area (Å²) in [5.41, 5.74) is 5.89. The Kier molecular flexibility index (Phi) is 6.95. The lowest BCUT2D eigenvalue weighted by Crippen LogP contribution is -2.49. The first-order valence-electron chi connectivity index (χ1n) is 14.0. The van der Waals surface area contributed by atoms with Crippen molar-refractivity contribution in [3.05, 3.63) is 103 Å². The Labute approximate surface area is 241 Å². The third-order valence-electron chi connectivity index (χ3n) is 7.86. The van der Waals surface area contributed by atoms with E-state index >= 15 is 0 Å². The minimum Gasteiger partial charge on any atom is -0.495 e. The molecule has 0 unspecified atom stereocenters. The second-order valence-corrected chi connectivity index (χ2v) is 11.5. The number of para-hydroxylation sites is 2. The zero-order valence-electron chi connectivity index (χ0n) is 24.0. The van der Waals surface area contributed by atoms with Gasteiger partial charge in [-0.05, 0) is 40.8 Å². The number of methoxy groups -OCH3 is 1. The number of carbonyl (C=O) groups is 1. The number of carbonyl (C=O) groups excluding carboxylic acids is 1. The van der Waals surface area contributed by atoms with Crippen LogP contribution in [0.25, 0.3) is 27.8 Å². The number of ether oxygens (including phenoxy) is 1. The van der Waals surface area contributed by atoms with Crippen LogP contribution in [0.5, 0.6) is 5.75 Å². The number of piperazine rings is 1. The van der Waals surface area contributed by atoms with E-state index in [1.165, 1.54) is 5.56 Å². The first kappa shape index (κ1) is 26.6. The topological polar surface area (TPSA) is 63.5 Å². The standard InChI is InChI=1S/C34H35N5O2/c1-34(2,3)26-16-14-25(15-17-26)33(40)38-20-18-37(19-21-38)31-30-27(24-10-6-5-7-11-24)22-39(32(30)36-23-35-31)28-12-8-9-13-29(28)41-4/h5-17,22-23H,18-21H2,1-4H3. The predicted octanol–water partition coefficient (Wildman–Crippen LogP) is 6.36. The summed E-state index contributed by atoms with van der Waals surface area (Å²) < 4.78 is 7.78. The number of fused-ring (bicyclic) bond motifs is 1. The van der Waals surface area contributed by atoms with Crippen molar-refractivity contribution in [2.75, 3.05) is 38.2 Å². The smallest absolute Gasteiger partial charge is 0.253 e. The number of benzene rings is 3. The van der Waals surface area contributed by atoms with E-state index < -0.39 is 0 Å². The van der Waals surface area contributed by atoms with Crippen molar-refractivity contribution in [1.29, 1.82) is 0 Å². The maximum absolute atomic E-state index is 13.3. The lowest BCUT2D eigenvalue weighted by atomic mass is 9.86. The van der Waals surface area contributed by atoms with Crippen LogP contribution in [0.15, 0.2) is 91.4 Å². The summed E-state index contributed by atoms with van der Waals surface area (Å²) in [5, 5.41) is 0.988. The molecule has 0 bridgehead atoms. The Hall–Kier alpha value is -4.65. The zero-order valence-corrected chi connectivity index (χ0v) is 24.0. The largest absolute Gasteiger partial charge is 0.495 e. The summed E-state index contributed by atoms with van der Waals surface area (Å²) in [5.74, 6) is 1.72. The van der Waals surface area contributed by atoms with E-state index in [0.717, 1.165) is 45.0 Å². The first-order valence-corrected chi connectivity index (χ1v) is 14.0. The lowest BCUT2D eigenvalue weighted by Gasteiger charge is -2.35. The molecule has 0 aliphatic carbocycles. The SMILES string of the molecule is COc1ccccc1-n1cc(-c2ccccc2)c2c(N3CCN(C(=O)c4ccc(C(C)(C)C)cc4)CC3)ncnc21. The Morgan fingerprint density at radius 1 is 0.829 bits per heavy atom. The van der Waals surface area contributed by atoms with E-state index in [9.17, 15) is 4.79 Å². The van der Waals surface area contributed by atoms with Gasteiger partial charge < -0.3 is 14.5 Å². The van der Waals surface area contributed by atoms with Crippen molar-refractivity contribution >= 4 is 22.8 Å². The molecule has 1 aliphatic heterocycles. The molecule has 208 valence electrons. The molecule has 0 spiro atoms. The first-order chi connectivity index (χ1) is 19.8. The lowest BCUT2D eigenvalue weighted by molar-refractivity contribution is 0.0746. The van der Waals surface area contributed by atoms with E-state index in [0.29, 0.717) is 26.2 Å². The highest BCUT2D eigenvalue weighted by molar-refractivity contribution is 6.02. The van der Waals surface area contributed by atoms with Gasteiger partial charge in [-0.25, -0.2) is 9.97 Å². The van der Waals surface area contributed by atoms with Gasteiger partial charge in [-0.15, -0.1) is 0 Å². The van der Waals surface area contributed by atoms with Gasteiger partial charge in [-0.3, -0.25) is 9.36 Å². The molecule has 1 amide bonds. The van der Waals surface area contributed by atoms with E-state index in [2.05, 4.69) is 60.7 Å². The maximum atomic E-state index is 13.3. The molecule has 1 fully saturated rings. The van der Waals surface area contributed by atoms with Crippen LogP contribution in [0.1, 0.15) is 36.7 Å². The molecule has 7 heteroatoms. The van der Waals surface area contributed by atoms with Gasteiger partial charge in [-0.1, -0.05) is 75.4 Å². The molecule has 5 aromatic rings. The fourth-order valence-electron chi connectivity index (χ4n) is 5.55. The van der Waals surface area contributed by atoms with Crippen molar-refractivity contribution in [2.24, 2.45) is 0 Å². The number of anilines is 1. The molecular weight excluding hydrogens is 510 g/mol. The number of amides is 1. The summed E-state index contributed by atoms with van der Waals surface area (Å²) in [7, 11) is 1.68. The van der Waals surface area contributed by atoms with Crippen LogP contribution in [0.4, 0.5) is 5.82 Å². The highest BCUT2D eigenvalue weighted by Gasteiger charge is 2.27. The van der Waals surface area contributed by atoms with Crippen LogP contribution < -0.4 is 9.64 Å². The summed E-state index contributed by atoms with van der Waals surface area (Å²) in [6.45, 7) is 9.17. The van der Waals surface area contributed by atoms with Crippen molar-refractivity contribution in [3.8, 4) is 22.6 Å². The van der Waals surface area contributed by atoms with E-state index in [-0.39, 0.29) is 11.3 Å². The second kappa shape index (κ2) is 10.7. The fourth-order valence-corrected chi connectivity index (χ4v) is 5.55. The second-order valence-electron chi connectivity index (χ2n) is 11.5. The predicted molar refractivity (Wildman–Crippen MR) is 164 cm³/mol. The van der Waals surface area contributed by atoms with Crippen molar-refractivity contribution in [1.82, 2.24) is 19.4 Å². The van der Waals surface area contributed by atoms with Gasteiger partial charge in [0.2, 0.25) is 0 Å². The van der Waals surface area contributed by atoms with Gasteiger partial charge >= 0.3 is 0 Å². The normalized spacial score (nSPS) is 14.0. The molecule has 1 saturated heterocycles. The summed E-state index contributed by atoms with van der Waals surface area (Å²) in [6, 6.07) is 26.3. The molecule has 6 rings (SSSR count). The minimum absolute atomic E-state index is 0.0548. The molecule has 41 heavy (non-hydrogen) atoms. The minimum atomic E-state index is 0.0548. The highest BCUT2D eigenvalue weighted by atomic mass is 16.5. The maximum Gasteiger partial charge on any atom is 0.253 e. The zero-order chi connectivity index (χ0) is 28.6. The van der Waals surface area contributed by atoms with Gasteiger partial charge in [0, 0.05) is 43.5 Å². The van der Waals surface area contributed by atoms with Crippen LogP contribution >= 0.6 is 0 Å². The highest BCUT2D eigenvalue weighted by Crippen LogP contribution is 2.38. The molecule has 3 heterocycles. The molecule has 3 aromatic carbocycles. The average Bonchev–Trinajstić information content (AvgIpc) is 3.41. The van der Waals surface area contributed by atoms with Gasteiger partial charge in [0.15, 0.2) is 5.65 Å². The van der Waals surface area contributed by atoms with Crippen LogP contribution in [-0.4, -0.2) is 58.6 Å². The van der Waals surface area contributed by atoms with Crippen molar-refractivity contribution in [3.63, 3.8) is 0 Å². The summed E-state index contributed by atoms with van der Waals surface area (Å²) in [6.07, 6.45) is 3.75. The van der Waals surface area contributed by atoms with Crippen molar-refractivity contribution < 1.29 is 9.53 Å². The van der Waals surface area contributed by atoms with E-state index in [1.54, 1.807) is 13.4 Å². The Morgan fingerprint density at radius 3 is 2.20 bits per heavy atom. The van der Waals surface area contributed by atoms with Crippen molar-refractivity contribution in [2.45, 2.75) is 26.2 Å². The number of rotatable bonds is 5. The van der Waals surface area contributed by atoms with Gasteiger partial charge in [0.1, 0.15) is 17.9 Å². The molecule has 0 saturated carbocycles. The Morgan fingerprint density at radius 2 is 1.51 bits per heavy atom. The molecule has 2 aromatic heterocycles. The van der Waals surface area contributed by atoms with Crippen LogP contribution in [0.2, 0.25) is 0 Å². The van der Waals surface area contributed by atoms with Crippen LogP contribution in [0, 0.1) is 0 Å². The summed E-state index contributed by atoms with van der Waals surface area (Å²) >= 11 is 0. The molecule has 0 atom stereocenters. The van der Waals surface area contributed by atoms with Gasteiger partial charge in [0.05, 0.1) is 18.2 Å². The Balaban J connectivity index is 1.33. The third kappa shape index (κ3) is 5.04. The van der Waals surface area contributed by atoms with Crippen LogP contribution in [0.3, 0.4) is 0 Å². The van der Waals surface area contributed by atoms with Gasteiger partial charge in [0.25, 0.3) is 5.91 Å². The van der Waals surface area contributed by atoms with Gasteiger partial charge in [-0.2, -0.15) is 0 Å². The number of aromatic nitrogens is 3. The third-order valence-corrected chi connectivity index (χ3v) is 7.86. The number of nitrogens with zero attached hydrogens (tertiary/aromatic N) is 5. The fraction of sp³-hybridized carbons (Fsp3) is 0.265. The molecule has 1 aliphatic rings. The number of hydrogen-bond acceptors (Lipinski definition) is 5. The van der Waals surface area contributed by atoms with E-state index in [4.69, 9.17) is 14.7 Å². The molecule has 7 nitrogen and oxygen atoms in total. The molecular formula is C34H35N5O2. The quantitative estimate of drug-likeness (QED) is 0.257. The molecule has 0 radical (unpaired) electrons. The molecule has 0 N–H and O–H groups in total. The van der Waals surface area contributed by atoms with E-state index in [1.807, 2.05) is 59.5 Å². The van der Waals surface area contributed by atoms with Crippen LogP contribution in [-0.2, 0) is 5.41 Å². The average molecular weight is 546 g/mol. The summed E-state index contributed by atoms with van der Waals surface area (Å²) in [4.78, 5) is 27.1. The Bertz CT molecular complexity index is 1680. The monoisotopic (exact) mass is 545 g/mol. The number of hydrogen-bond donors (Lipinski definition) is 0.